The minimum atomic E-state index is -0.189. The number of rotatable bonds is 6. The molecule has 6 heteroatoms. The van der Waals surface area contributed by atoms with Crippen LogP contribution in [0.5, 0.6) is 0 Å². The Kier molecular flexibility index (Phi) is 9.28. The molecule has 1 N–H and O–H groups in total. The van der Waals surface area contributed by atoms with E-state index in [1.807, 2.05) is 13.1 Å². The Balaban J connectivity index is 0.00000264. The predicted octanol–water partition coefficient (Wildman–Crippen LogP) is 3.33. The summed E-state index contributed by atoms with van der Waals surface area (Å²) in [4.78, 5) is 9.11. The van der Waals surface area contributed by atoms with Crippen molar-refractivity contribution in [1.82, 2.24) is 10.2 Å². The maximum Gasteiger partial charge on any atom is 0.193 e. The number of aliphatic imine (C=N–C) groups is 1. The summed E-state index contributed by atoms with van der Waals surface area (Å²) in [7, 11) is 1.99. The van der Waals surface area contributed by atoms with Crippen molar-refractivity contribution in [2.75, 3.05) is 44.7 Å². The first-order valence-electron chi connectivity index (χ1n) is 8.20. The third kappa shape index (κ3) is 6.53. The lowest BCUT2D eigenvalue weighted by Gasteiger charge is -2.21. The Bertz CT molecular complexity index is 489. The van der Waals surface area contributed by atoms with Gasteiger partial charge in [0.05, 0.1) is 0 Å². The molecule has 4 nitrogen and oxygen atoms in total. The van der Waals surface area contributed by atoms with Gasteiger partial charge in [-0.25, -0.2) is 4.39 Å². The molecule has 1 heterocycles. The molecule has 0 amide bonds. The fourth-order valence-corrected chi connectivity index (χ4v) is 2.69. The van der Waals surface area contributed by atoms with Crippen LogP contribution in [-0.4, -0.2) is 50.6 Å². The molecule has 1 fully saturated rings. The van der Waals surface area contributed by atoms with Gasteiger partial charge in [0.2, 0.25) is 0 Å². The maximum absolute atomic E-state index is 13.2. The van der Waals surface area contributed by atoms with Crippen LogP contribution in [0.4, 0.5) is 10.1 Å². The lowest BCUT2D eigenvalue weighted by molar-refractivity contribution is 0.493. The number of hydrogen-bond donors (Lipinski definition) is 1. The molecule has 0 aliphatic carbocycles. The van der Waals surface area contributed by atoms with Crippen LogP contribution in [0, 0.1) is 5.82 Å². The zero-order chi connectivity index (χ0) is 15.8. The highest BCUT2D eigenvalue weighted by Gasteiger charge is 2.15. The van der Waals surface area contributed by atoms with Crippen LogP contribution in [-0.2, 0) is 0 Å². The average molecular weight is 434 g/mol. The van der Waals surface area contributed by atoms with Gasteiger partial charge in [0, 0.05) is 45.5 Å². The van der Waals surface area contributed by atoms with Crippen molar-refractivity contribution >= 4 is 35.6 Å². The van der Waals surface area contributed by atoms with Gasteiger partial charge in [-0.1, -0.05) is 6.07 Å². The first-order valence-corrected chi connectivity index (χ1v) is 8.20. The molecule has 1 aliphatic heterocycles. The van der Waals surface area contributed by atoms with Crippen LogP contribution in [0.3, 0.4) is 0 Å². The van der Waals surface area contributed by atoms with E-state index in [1.54, 1.807) is 12.1 Å². The first kappa shape index (κ1) is 20.0. The Labute approximate surface area is 156 Å². The fraction of sp³-hybridized carbons (Fsp3) is 0.588. The van der Waals surface area contributed by atoms with Gasteiger partial charge >= 0.3 is 0 Å². The first-order chi connectivity index (χ1) is 10.7. The molecule has 1 aromatic carbocycles. The van der Waals surface area contributed by atoms with Crippen molar-refractivity contribution in [2.24, 2.45) is 4.99 Å². The normalized spacial score (nSPS) is 14.6. The number of anilines is 1. The van der Waals surface area contributed by atoms with Gasteiger partial charge in [-0.05, 0) is 44.4 Å². The van der Waals surface area contributed by atoms with Crippen LogP contribution < -0.4 is 10.2 Å². The van der Waals surface area contributed by atoms with Crippen molar-refractivity contribution in [3.05, 3.63) is 30.1 Å². The Hall–Kier alpha value is -1.05. The number of benzene rings is 1. The van der Waals surface area contributed by atoms with Crippen molar-refractivity contribution in [1.29, 1.82) is 0 Å². The van der Waals surface area contributed by atoms with E-state index in [1.165, 1.54) is 18.9 Å². The molecule has 23 heavy (non-hydrogen) atoms. The highest BCUT2D eigenvalue weighted by molar-refractivity contribution is 14.0. The number of hydrogen-bond acceptors (Lipinski definition) is 2. The molecule has 0 saturated carbocycles. The van der Waals surface area contributed by atoms with Crippen molar-refractivity contribution in [3.63, 3.8) is 0 Å². The quantitative estimate of drug-likeness (QED) is 0.323. The van der Waals surface area contributed by atoms with E-state index in [0.717, 1.165) is 50.8 Å². The highest BCUT2D eigenvalue weighted by atomic mass is 127. The number of nitrogens with zero attached hydrogens (tertiary/aromatic N) is 3. The van der Waals surface area contributed by atoms with E-state index in [4.69, 9.17) is 4.99 Å². The molecule has 0 radical (unpaired) electrons. The summed E-state index contributed by atoms with van der Waals surface area (Å²) < 4.78 is 13.2. The molecule has 1 aliphatic rings. The SMILES string of the molecule is CCNC(=NCCCN(C)c1cccc(F)c1)N1CCCC1.I. The van der Waals surface area contributed by atoms with Crippen molar-refractivity contribution in [2.45, 2.75) is 26.2 Å². The second-order valence-electron chi connectivity index (χ2n) is 5.68. The van der Waals surface area contributed by atoms with Crippen LogP contribution in [0.15, 0.2) is 29.3 Å². The van der Waals surface area contributed by atoms with Crippen LogP contribution in [0.25, 0.3) is 0 Å². The minimum Gasteiger partial charge on any atom is -0.374 e. The van der Waals surface area contributed by atoms with E-state index in [2.05, 4.69) is 22.0 Å². The second kappa shape index (κ2) is 10.7. The van der Waals surface area contributed by atoms with Gasteiger partial charge in [0.25, 0.3) is 0 Å². The summed E-state index contributed by atoms with van der Waals surface area (Å²) in [6, 6.07) is 6.72. The lowest BCUT2D eigenvalue weighted by Crippen LogP contribution is -2.39. The zero-order valence-electron chi connectivity index (χ0n) is 14.1. The molecule has 0 spiro atoms. The number of nitrogens with one attached hydrogen (secondary N) is 1. The van der Waals surface area contributed by atoms with Gasteiger partial charge in [-0.2, -0.15) is 0 Å². The molecule has 0 atom stereocenters. The van der Waals surface area contributed by atoms with E-state index in [9.17, 15) is 4.39 Å². The van der Waals surface area contributed by atoms with Gasteiger partial charge in [0.15, 0.2) is 5.96 Å². The number of halogens is 2. The largest absolute Gasteiger partial charge is 0.374 e. The zero-order valence-corrected chi connectivity index (χ0v) is 16.4. The Morgan fingerprint density at radius 1 is 1.35 bits per heavy atom. The third-order valence-electron chi connectivity index (χ3n) is 3.90. The highest BCUT2D eigenvalue weighted by Crippen LogP contribution is 2.14. The molecular formula is C17H28FIN4. The van der Waals surface area contributed by atoms with Crippen molar-refractivity contribution in [3.8, 4) is 0 Å². The number of guanidine groups is 1. The summed E-state index contributed by atoms with van der Waals surface area (Å²) in [5, 5.41) is 3.36. The summed E-state index contributed by atoms with van der Waals surface area (Å²) in [6.07, 6.45) is 3.47. The van der Waals surface area contributed by atoms with E-state index < -0.39 is 0 Å². The Morgan fingerprint density at radius 3 is 2.74 bits per heavy atom. The predicted molar refractivity (Wildman–Crippen MR) is 106 cm³/mol. The number of likely N-dealkylation sites (tertiary alicyclic amines) is 1. The van der Waals surface area contributed by atoms with Gasteiger partial charge in [-0.3, -0.25) is 4.99 Å². The summed E-state index contributed by atoms with van der Waals surface area (Å²) in [5.74, 6) is 0.847. The standard InChI is InChI=1S/C17H27FN4.HI/c1-3-19-17(22-12-4-5-13-22)20-10-7-11-21(2)16-9-6-8-15(18)14-16;/h6,8-9,14H,3-5,7,10-13H2,1-2H3,(H,19,20);1H. The molecular weight excluding hydrogens is 406 g/mol. The Morgan fingerprint density at radius 2 is 2.09 bits per heavy atom. The monoisotopic (exact) mass is 434 g/mol. The summed E-state index contributed by atoms with van der Waals surface area (Å²) >= 11 is 0. The topological polar surface area (TPSA) is 30.9 Å². The second-order valence-corrected chi connectivity index (χ2v) is 5.68. The van der Waals surface area contributed by atoms with E-state index in [0.29, 0.717) is 0 Å². The van der Waals surface area contributed by atoms with E-state index in [-0.39, 0.29) is 29.8 Å². The molecule has 0 bridgehead atoms. The fourth-order valence-electron chi connectivity index (χ4n) is 2.69. The lowest BCUT2D eigenvalue weighted by atomic mass is 10.2. The van der Waals surface area contributed by atoms with E-state index >= 15 is 0 Å². The van der Waals surface area contributed by atoms with Crippen LogP contribution in [0.2, 0.25) is 0 Å². The van der Waals surface area contributed by atoms with Crippen molar-refractivity contribution < 1.29 is 4.39 Å². The van der Waals surface area contributed by atoms with Gasteiger partial charge in [0.1, 0.15) is 5.82 Å². The smallest absolute Gasteiger partial charge is 0.193 e. The third-order valence-corrected chi connectivity index (χ3v) is 3.90. The van der Waals surface area contributed by atoms with Crippen LogP contribution in [0.1, 0.15) is 26.2 Å². The molecule has 2 rings (SSSR count). The molecule has 0 aromatic heterocycles. The maximum atomic E-state index is 13.2. The minimum absolute atomic E-state index is 0. The summed E-state index contributed by atoms with van der Waals surface area (Å²) in [5.41, 5.74) is 0.912. The molecule has 1 aromatic rings. The van der Waals surface area contributed by atoms with Gasteiger partial charge in [-0.15, -0.1) is 24.0 Å². The summed E-state index contributed by atoms with van der Waals surface area (Å²) in [6.45, 7) is 6.87. The molecule has 0 unspecified atom stereocenters. The van der Waals surface area contributed by atoms with Crippen LogP contribution >= 0.6 is 24.0 Å². The molecule has 1 saturated heterocycles. The molecule has 130 valence electrons. The van der Waals surface area contributed by atoms with Gasteiger partial charge < -0.3 is 15.1 Å². The average Bonchev–Trinajstić information content (AvgIpc) is 3.04.